The minimum absolute atomic E-state index is 0.279. The molecule has 0 spiro atoms. The molecule has 0 radical (unpaired) electrons. The monoisotopic (exact) mass is 375 g/mol. The summed E-state index contributed by atoms with van der Waals surface area (Å²) >= 11 is 1.74. The van der Waals surface area contributed by atoms with E-state index in [0.29, 0.717) is 18.4 Å². The maximum atomic E-state index is 12.4. The molecule has 4 heteroatoms. The second-order valence-electron chi connectivity index (χ2n) is 6.22. The van der Waals surface area contributed by atoms with Gasteiger partial charge in [-0.3, -0.25) is 4.79 Å². The van der Waals surface area contributed by atoms with E-state index in [9.17, 15) is 9.59 Å². The summed E-state index contributed by atoms with van der Waals surface area (Å²) < 4.78 is 0. The summed E-state index contributed by atoms with van der Waals surface area (Å²) in [4.78, 5) is 24.9. The molecule has 1 N–H and O–H groups in total. The molecule has 0 fully saturated rings. The Balaban J connectivity index is 1.55. The maximum absolute atomic E-state index is 12.4. The number of nitrogens with one attached hydrogen (secondary N) is 1. The molecule has 3 aromatic rings. The SMILES string of the molecule is O=CC(Cc1ccccc1)C(=O)Nc1ccc(SCc2ccccc2)cc1. The number of thioether (sulfide) groups is 1. The molecule has 0 saturated carbocycles. The molecule has 3 nitrogen and oxygen atoms in total. The molecule has 3 aromatic carbocycles. The van der Waals surface area contributed by atoms with Gasteiger partial charge in [-0.05, 0) is 41.8 Å². The highest BCUT2D eigenvalue weighted by molar-refractivity contribution is 7.98. The third-order valence-corrected chi connectivity index (χ3v) is 5.25. The van der Waals surface area contributed by atoms with E-state index in [0.717, 1.165) is 16.2 Å². The molecule has 136 valence electrons. The molecular formula is C23H21NO2S. The molecule has 1 unspecified atom stereocenters. The van der Waals surface area contributed by atoms with Crippen LogP contribution in [0.5, 0.6) is 0 Å². The van der Waals surface area contributed by atoms with Gasteiger partial charge in [-0.15, -0.1) is 11.8 Å². The van der Waals surface area contributed by atoms with Crippen LogP contribution in [0.25, 0.3) is 0 Å². The molecule has 0 bridgehead atoms. The topological polar surface area (TPSA) is 46.2 Å². The van der Waals surface area contributed by atoms with Gasteiger partial charge in [0, 0.05) is 16.3 Å². The summed E-state index contributed by atoms with van der Waals surface area (Å²) in [6.07, 6.45) is 1.12. The van der Waals surface area contributed by atoms with Crippen molar-refractivity contribution in [3.8, 4) is 0 Å². The second-order valence-corrected chi connectivity index (χ2v) is 7.27. The number of carbonyl (C=O) groups is 2. The maximum Gasteiger partial charge on any atom is 0.234 e. The first-order valence-corrected chi connectivity index (χ1v) is 9.80. The van der Waals surface area contributed by atoms with E-state index in [1.165, 1.54) is 5.56 Å². The largest absolute Gasteiger partial charge is 0.325 e. The number of amides is 1. The Kier molecular flexibility index (Phi) is 6.83. The number of hydrogen-bond acceptors (Lipinski definition) is 3. The first-order chi connectivity index (χ1) is 13.2. The molecule has 0 aromatic heterocycles. The number of aldehydes is 1. The van der Waals surface area contributed by atoms with E-state index in [1.807, 2.05) is 72.8 Å². The predicted octanol–water partition coefficient (Wildman–Crippen LogP) is 4.98. The average Bonchev–Trinajstić information content (AvgIpc) is 2.73. The number of benzene rings is 3. The van der Waals surface area contributed by atoms with Gasteiger partial charge in [0.1, 0.15) is 6.29 Å². The van der Waals surface area contributed by atoms with Crippen LogP contribution >= 0.6 is 11.8 Å². The van der Waals surface area contributed by atoms with Crippen molar-refractivity contribution in [1.82, 2.24) is 0 Å². The van der Waals surface area contributed by atoms with Crippen molar-refractivity contribution in [2.45, 2.75) is 17.1 Å². The van der Waals surface area contributed by atoms with Crippen molar-refractivity contribution >= 4 is 29.6 Å². The van der Waals surface area contributed by atoms with Crippen molar-refractivity contribution in [2.24, 2.45) is 5.92 Å². The normalized spacial score (nSPS) is 11.6. The van der Waals surface area contributed by atoms with Crippen molar-refractivity contribution in [3.63, 3.8) is 0 Å². The van der Waals surface area contributed by atoms with Gasteiger partial charge < -0.3 is 10.1 Å². The lowest BCUT2D eigenvalue weighted by atomic mass is 10.00. The fourth-order valence-electron chi connectivity index (χ4n) is 2.68. The smallest absolute Gasteiger partial charge is 0.234 e. The van der Waals surface area contributed by atoms with Crippen molar-refractivity contribution < 1.29 is 9.59 Å². The Bertz CT molecular complexity index is 864. The summed E-state index contributed by atoms with van der Waals surface area (Å²) in [5, 5.41) is 2.83. The predicted molar refractivity (Wildman–Crippen MR) is 111 cm³/mol. The fourth-order valence-corrected chi connectivity index (χ4v) is 3.54. The molecule has 1 atom stereocenters. The fraction of sp³-hybridized carbons (Fsp3) is 0.130. The minimum Gasteiger partial charge on any atom is -0.325 e. The summed E-state index contributed by atoms with van der Waals surface area (Å²) in [6, 6.07) is 27.6. The Hall–Kier alpha value is -2.85. The quantitative estimate of drug-likeness (QED) is 0.343. The van der Waals surface area contributed by atoms with Crippen LogP contribution in [-0.2, 0) is 21.8 Å². The number of anilines is 1. The van der Waals surface area contributed by atoms with E-state index < -0.39 is 5.92 Å². The van der Waals surface area contributed by atoms with Crippen LogP contribution in [0.4, 0.5) is 5.69 Å². The Morgan fingerprint density at radius 1 is 0.852 bits per heavy atom. The Morgan fingerprint density at radius 2 is 1.44 bits per heavy atom. The van der Waals surface area contributed by atoms with Crippen LogP contribution in [0.2, 0.25) is 0 Å². The number of carbonyl (C=O) groups excluding carboxylic acids is 2. The van der Waals surface area contributed by atoms with Crippen molar-refractivity contribution in [3.05, 3.63) is 96.1 Å². The van der Waals surface area contributed by atoms with Gasteiger partial charge in [-0.25, -0.2) is 0 Å². The molecule has 0 aliphatic rings. The zero-order valence-corrected chi connectivity index (χ0v) is 15.7. The van der Waals surface area contributed by atoms with Crippen molar-refractivity contribution in [2.75, 3.05) is 5.32 Å². The molecule has 1 amide bonds. The highest BCUT2D eigenvalue weighted by atomic mass is 32.2. The second kappa shape index (κ2) is 9.74. The Labute approximate surface area is 163 Å². The zero-order chi connectivity index (χ0) is 18.9. The average molecular weight is 375 g/mol. The molecule has 0 heterocycles. The summed E-state index contributed by atoms with van der Waals surface area (Å²) in [7, 11) is 0. The highest BCUT2D eigenvalue weighted by Crippen LogP contribution is 2.24. The molecule has 0 saturated heterocycles. The van der Waals surface area contributed by atoms with Crippen molar-refractivity contribution in [1.29, 1.82) is 0 Å². The Morgan fingerprint density at radius 3 is 2.04 bits per heavy atom. The van der Waals surface area contributed by atoms with E-state index in [1.54, 1.807) is 11.8 Å². The van der Waals surface area contributed by atoms with Gasteiger partial charge in [0.25, 0.3) is 0 Å². The van der Waals surface area contributed by atoms with Crippen LogP contribution in [0.3, 0.4) is 0 Å². The molecule has 3 rings (SSSR count). The van der Waals surface area contributed by atoms with Gasteiger partial charge in [0.15, 0.2) is 0 Å². The van der Waals surface area contributed by atoms with E-state index >= 15 is 0 Å². The van der Waals surface area contributed by atoms with E-state index in [2.05, 4.69) is 17.4 Å². The van der Waals surface area contributed by atoms with Crippen LogP contribution in [0, 0.1) is 5.92 Å². The molecular weight excluding hydrogens is 354 g/mol. The highest BCUT2D eigenvalue weighted by Gasteiger charge is 2.18. The standard InChI is InChI=1S/C23H21NO2S/c25-16-20(15-18-7-3-1-4-8-18)23(26)24-21-11-13-22(14-12-21)27-17-19-9-5-2-6-10-19/h1-14,16,20H,15,17H2,(H,24,26). The number of hydrogen-bond donors (Lipinski definition) is 1. The van der Waals surface area contributed by atoms with Crippen LogP contribution in [-0.4, -0.2) is 12.2 Å². The van der Waals surface area contributed by atoms with Crippen LogP contribution in [0.15, 0.2) is 89.8 Å². The van der Waals surface area contributed by atoms with Gasteiger partial charge in [-0.1, -0.05) is 60.7 Å². The summed E-state index contributed by atoms with van der Waals surface area (Å²) in [5.41, 5.74) is 2.94. The molecule has 27 heavy (non-hydrogen) atoms. The molecule has 0 aliphatic heterocycles. The van der Waals surface area contributed by atoms with E-state index in [4.69, 9.17) is 0 Å². The lowest BCUT2D eigenvalue weighted by Gasteiger charge is -2.12. The third kappa shape index (κ3) is 5.83. The minimum atomic E-state index is -0.695. The van der Waals surface area contributed by atoms with Gasteiger partial charge in [-0.2, -0.15) is 0 Å². The lowest BCUT2D eigenvalue weighted by molar-refractivity contribution is -0.125. The van der Waals surface area contributed by atoms with E-state index in [-0.39, 0.29) is 5.91 Å². The first-order valence-electron chi connectivity index (χ1n) is 8.81. The van der Waals surface area contributed by atoms with Gasteiger partial charge >= 0.3 is 0 Å². The van der Waals surface area contributed by atoms with Crippen LogP contribution < -0.4 is 5.32 Å². The summed E-state index contributed by atoms with van der Waals surface area (Å²) in [5.74, 6) is -0.0744. The molecule has 0 aliphatic carbocycles. The number of rotatable bonds is 8. The van der Waals surface area contributed by atoms with Gasteiger partial charge in [0.2, 0.25) is 5.91 Å². The lowest BCUT2D eigenvalue weighted by Crippen LogP contribution is -2.25. The third-order valence-electron chi connectivity index (χ3n) is 4.17. The summed E-state index contributed by atoms with van der Waals surface area (Å²) in [6.45, 7) is 0. The zero-order valence-electron chi connectivity index (χ0n) is 14.9. The van der Waals surface area contributed by atoms with Gasteiger partial charge in [0.05, 0.1) is 5.92 Å². The van der Waals surface area contributed by atoms with Crippen LogP contribution in [0.1, 0.15) is 11.1 Å². The first kappa shape index (κ1) is 18.9.